The molecule has 3 amide bonds. The fourth-order valence-corrected chi connectivity index (χ4v) is 3.81. The quantitative estimate of drug-likeness (QED) is 0.123. The smallest absolute Gasteiger partial charge is 0.326 e. The standard InChI is InChI=1S/C24H34N4O9S/c1-38-12-11-15(25)21(33)28-18(13-14-5-3-2-4-6-14)23(35)26-16(7-9-19(29)30)22(34)27-17(24(36)37)8-10-20(31)32/h2-6,15-18H,7-13,25H2,1H3,(H,26,35)(H,27,34)(H,28,33)(H,29,30)(H,31,32)(H,36,37). The largest absolute Gasteiger partial charge is 0.481 e. The van der Waals surface area contributed by atoms with Crippen LogP contribution >= 0.6 is 11.8 Å². The summed E-state index contributed by atoms with van der Waals surface area (Å²) in [6.07, 6.45) is 0.398. The first-order valence-electron chi connectivity index (χ1n) is 11.8. The van der Waals surface area contributed by atoms with Gasteiger partial charge in [-0.1, -0.05) is 30.3 Å². The van der Waals surface area contributed by atoms with Gasteiger partial charge in [0, 0.05) is 19.3 Å². The predicted octanol–water partition coefficient (Wildman–Crippen LogP) is -0.422. The number of hydrogen-bond donors (Lipinski definition) is 7. The minimum atomic E-state index is -1.57. The van der Waals surface area contributed by atoms with E-state index in [4.69, 9.17) is 15.9 Å². The van der Waals surface area contributed by atoms with E-state index in [0.717, 1.165) is 0 Å². The Balaban J connectivity index is 3.10. The fraction of sp³-hybridized carbons (Fsp3) is 0.500. The number of carboxylic acid groups (broad SMARTS) is 3. The summed E-state index contributed by atoms with van der Waals surface area (Å²) in [4.78, 5) is 72.1. The predicted molar refractivity (Wildman–Crippen MR) is 138 cm³/mol. The molecule has 0 aliphatic heterocycles. The van der Waals surface area contributed by atoms with Gasteiger partial charge in [0.05, 0.1) is 6.04 Å². The number of nitrogens with one attached hydrogen (secondary N) is 3. The lowest BCUT2D eigenvalue weighted by Crippen LogP contribution is -2.57. The molecular formula is C24H34N4O9S. The lowest BCUT2D eigenvalue weighted by atomic mass is 10.0. The zero-order valence-electron chi connectivity index (χ0n) is 20.9. The van der Waals surface area contributed by atoms with Crippen LogP contribution < -0.4 is 21.7 Å². The van der Waals surface area contributed by atoms with E-state index in [9.17, 15) is 33.9 Å². The number of carbonyl (C=O) groups is 6. The number of aliphatic carboxylic acids is 3. The third-order valence-electron chi connectivity index (χ3n) is 5.43. The van der Waals surface area contributed by atoms with Crippen molar-refractivity contribution in [2.45, 2.75) is 62.7 Å². The molecule has 0 aliphatic carbocycles. The van der Waals surface area contributed by atoms with Gasteiger partial charge in [-0.15, -0.1) is 0 Å². The third-order valence-corrected chi connectivity index (χ3v) is 6.07. The van der Waals surface area contributed by atoms with Crippen molar-refractivity contribution in [2.24, 2.45) is 5.73 Å². The topological polar surface area (TPSA) is 225 Å². The zero-order chi connectivity index (χ0) is 28.7. The summed E-state index contributed by atoms with van der Waals surface area (Å²) < 4.78 is 0. The van der Waals surface area contributed by atoms with Gasteiger partial charge in [0.2, 0.25) is 17.7 Å². The summed E-state index contributed by atoms with van der Waals surface area (Å²) >= 11 is 1.50. The Morgan fingerprint density at radius 1 is 0.763 bits per heavy atom. The number of nitrogens with two attached hydrogens (primary N) is 1. The van der Waals surface area contributed by atoms with Crippen LogP contribution in [0, 0.1) is 0 Å². The van der Waals surface area contributed by atoms with E-state index in [1.165, 1.54) is 11.8 Å². The second-order valence-corrected chi connectivity index (χ2v) is 9.45. The Kier molecular flexibility index (Phi) is 14.5. The molecule has 0 saturated carbocycles. The van der Waals surface area contributed by atoms with E-state index in [1.807, 2.05) is 6.26 Å². The fourth-order valence-electron chi connectivity index (χ4n) is 3.32. The number of hydrogen-bond acceptors (Lipinski definition) is 8. The minimum Gasteiger partial charge on any atom is -0.481 e. The first-order chi connectivity index (χ1) is 17.9. The first kappa shape index (κ1) is 32.4. The van der Waals surface area contributed by atoms with Crippen LogP contribution in [-0.2, 0) is 35.2 Å². The summed E-state index contributed by atoms with van der Waals surface area (Å²) in [5.41, 5.74) is 6.62. The second kappa shape index (κ2) is 17.0. The lowest BCUT2D eigenvalue weighted by Gasteiger charge is -2.25. The van der Waals surface area contributed by atoms with Gasteiger partial charge in [-0.2, -0.15) is 11.8 Å². The van der Waals surface area contributed by atoms with Gasteiger partial charge < -0.3 is 37.0 Å². The van der Waals surface area contributed by atoms with Gasteiger partial charge in [0.25, 0.3) is 0 Å². The summed E-state index contributed by atoms with van der Waals surface area (Å²) in [5, 5.41) is 34.4. The number of benzene rings is 1. The van der Waals surface area contributed by atoms with Gasteiger partial charge in [0.15, 0.2) is 0 Å². The molecule has 14 heteroatoms. The maximum absolute atomic E-state index is 13.2. The number of carboxylic acids is 3. The molecule has 0 aromatic heterocycles. The summed E-state index contributed by atoms with van der Waals surface area (Å²) in [6.45, 7) is 0. The van der Waals surface area contributed by atoms with Crippen LogP contribution in [0.1, 0.15) is 37.7 Å². The Hall–Kier alpha value is -3.65. The maximum atomic E-state index is 13.2. The van der Waals surface area contributed by atoms with E-state index >= 15 is 0 Å². The van der Waals surface area contributed by atoms with Crippen molar-refractivity contribution in [1.29, 1.82) is 0 Å². The van der Waals surface area contributed by atoms with Gasteiger partial charge in [-0.25, -0.2) is 4.79 Å². The first-order valence-corrected chi connectivity index (χ1v) is 13.2. The molecule has 1 aromatic carbocycles. The lowest BCUT2D eigenvalue weighted by molar-refractivity contribution is -0.144. The maximum Gasteiger partial charge on any atom is 0.326 e. The van der Waals surface area contributed by atoms with Crippen molar-refractivity contribution in [3.63, 3.8) is 0 Å². The highest BCUT2D eigenvalue weighted by molar-refractivity contribution is 7.98. The Labute approximate surface area is 223 Å². The molecule has 38 heavy (non-hydrogen) atoms. The Bertz CT molecular complexity index is 977. The summed E-state index contributed by atoms with van der Waals surface area (Å²) in [6, 6.07) is 3.61. The van der Waals surface area contributed by atoms with Crippen molar-refractivity contribution in [2.75, 3.05) is 12.0 Å². The van der Waals surface area contributed by atoms with Crippen molar-refractivity contribution >= 4 is 47.4 Å². The number of carbonyl (C=O) groups excluding carboxylic acids is 3. The minimum absolute atomic E-state index is 0.0390. The van der Waals surface area contributed by atoms with Crippen molar-refractivity contribution in [1.82, 2.24) is 16.0 Å². The van der Waals surface area contributed by atoms with E-state index < -0.39 is 79.1 Å². The zero-order valence-corrected chi connectivity index (χ0v) is 21.7. The third kappa shape index (κ3) is 12.5. The van der Waals surface area contributed by atoms with Crippen LogP contribution in [0.3, 0.4) is 0 Å². The molecule has 1 aromatic rings. The van der Waals surface area contributed by atoms with Gasteiger partial charge in [0.1, 0.15) is 18.1 Å². The highest BCUT2D eigenvalue weighted by Crippen LogP contribution is 2.08. The molecule has 0 aliphatic rings. The molecule has 0 fully saturated rings. The van der Waals surface area contributed by atoms with Crippen LogP contribution in [0.25, 0.3) is 0 Å². The molecule has 1 rings (SSSR count). The van der Waals surface area contributed by atoms with Gasteiger partial charge in [-0.3, -0.25) is 24.0 Å². The van der Waals surface area contributed by atoms with Crippen molar-refractivity contribution in [3.8, 4) is 0 Å². The second-order valence-electron chi connectivity index (χ2n) is 8.46. The Morgan fingerprint density at radius 3 is 1.79 bits per heavy atom. The molecule has 4 unspecified atom stereocenters. The van der Waals surface area contributed by atoms with Crippen molar-refractivity contribution < 1.29 is 44.1 Å². The van der Waals surface area contributed by atoms with Crippen LogP contribution in [0.2, 0.25) is 0 Å². The van der Waals surface area contributed by atoms with Crippen LogP contribution in [-0.4, -0.2) is 87.1 Å². The normalized spacial score (nSPS) is 13.8. The molecule has 0 saturated heterocycles. The summed E-state index contributed by atoms with van der Waals surface area (Å²) in [7, 11) is 0. The van der Waals surface area contributed by atoms with Crippen LogP contribution in [0.15, 0.2) is 30.3 Å². The summed E-state index contributed by atoms with van der Waals surface area (Å²) in [5.74, 6) is -5.78. The van der Waals surface area contributed by atoms with Gasteiger partial charge in [-0.05, 0) is 36.8 Å². The molecule has 0 radical (unpaired) electrons. The van der Waals surface area contributed by atoms with Crippen molar-refractivity contribution in [3.05, 3.63) is 35.9 Å². The highest BCUT2D eigenvalue weighted by Gasteiger charge is 2.31. The molecule has 8 N–H and O–H groups in total. The van der Waals surface area contributed by atoms with E-state index in [2.05, 4.69) is 16.0 Å². The molecule has 0 bridgehead atoms. The molecule has 13 nitrogen and oxygen atoms in total. The van der Waals surface area contributed by atoms with Gasteiger partial charge >= 0.3 is 17.9 Å². The molecular weight excluding hydrogens is 520 g/mol. The molecule has 0 heterocycles. The molecule has 210 valence electrons. The van der Waals surface area contributed by atoms with Crippen LogP contribution in [0.5, 0.6) is 0 Å². The van der Waals surface area contributed by atoms with E-state index in [-0.39, 0.29) is 12.8 Å². The van der Waals surface area contributed by atoms with E-state index in [0.29, 0.717) is 17.7 Å². The average molecular weight is 555 g/mol. The number of amides is 3. The average Bonchev–Trinajstić information content (AvgIpc) is 2.86. The number of thioether (sulfide) groups is 1. The molecule has 0 spiro atoms. The van der Waals surface area contributed by atoms with E-state index in [1.54, 1.807) is 30.3 Å². The van der Waals surface area contributed by atoms with Crippen LogP contribution in [0.4, 0.5) is 0 Å². The monoisotopic (exact) mass is 554 g/mol. The SMILES string of the molecule is CSCCC(N)C(=O)NC(Cc1ccccc1)C(=O)NC(CCC(=O)O)C(=O)NC(CCC(=O)O)C(=O)O. The number of rotatable bonds is 18. The molecule has 4 atom stereocenters. The Morgan fingerprint density at radius 2 is 1.26 bits per heavy atom. The highest BCUT2D eigenvalue weighted by atomic mass is 32.2.